The van der Waals surface area contributed by atoms with Crippen LogP contribution in [-0.2, 0) is 17.9 Å². The van der Waals surface area contributed by atoms with Gasteiger partial charge < -0.3 is 20.1 Å². The van der Waals surface area contributed by atoms with E-state index in [-0.39, 0.29) is 12.5 Å². The maximum absolute atomic E-state index is 12.1. The number of hydrogen-bond donors (Lipinski definition) is 2. The minimum Gasteiger partial charge on any atom is -0.481 e. The normalized spacial score (nSPS) is 14.9. The summed E-state index contributed by atoms with van der Waals surface area (Å²) in [4.78, 5) is 29.6. The number of hydrogen-bond acceptors (Lipinski definition) is 5. The summed E-state index contributed by atoms with van der Waals surface area (Å²) in [5, 5.41) is 11.7. The number of pyridine rings is 1. The lowest BCUT2D eigenvalue weighted by Crippen LogP contribution is -2.32. The average molecular weight is 293 g/mol. The van der Waals surface area contributed by atoms with Crippen molar-refractivity contribution in [3.63, 3.8) is 0 Å². The molecule has 114 valence electrons. The van der Waals surface area contributed by atoms with Crippen molar-refractivity contribution in [3.05, 3.63) is 22.9 Å². The molecule has 1 unspecified atom stereocenters. The lowest BCUT2D eigenvalue weighted by Gasteiger charge is -2.11. The number of aromatic nitrogens is 1. The summed E-state index contributed by atoms with van der Waals surface area (Å²) >= 11 is 0. The zero-order chi connectivity index (χ0) is 15.6. The molecule has 1 aromatic heterocycles. The summed E-state index contributed by atoms with van der Waals surface area (Å²) in [6.07, 6.45) is -1.09. The molecule has 0 aliphatic carbocycles. The van der Waals surface area contributed by atoms with Crippen LogP contribution in [0.15, 0.2) is 6.07 Å². The van der Waals surface area contributed by atoms with Crippen LogP contribution in [0.4, 0.5) is 0 Å². The average Bonchev–Trinajstić information content (AvgIpc) is 2.79. The smallest absolute Gasteiger partial charge is 0.256 e. The summed E-state index contributed by atoms with van der Waals surface area (Å²) < 4.78 is 5.21. The van der Waals surface area contributed by atoms with E-state index in [1.807, 2.05) is 6.92 Å². The number of carbonyl (C=O) groups excluding carboxylic acids is 2. The molecule has 0 saturated heterocycles. The van der Waals surface area contributed by atoms with Crippen molar-refractivity contribution in [2.45, 2.75) is 33.0 Å². The molecule has 0 bridgehead atoms. The molecule has 0 aromatic carbocycles. The molecule has 21 heavy (non-hydrogen) atoms. The molecule has 7 heteroatoms. The third-order valence-electron chi connectivity index (χ3n) is 3.41. The zero-order valence-electron chi connectivity index (χ0n) is 12.3. The van der Waals surface area contributed by atoms with Gasteiger partial charge in [0.05, 0.1) is 24.9 Å². The van der Waals surface area contributed by atoms with E-state index in [4.69, 9.17) is 9.84 Å². The maximum atomic E-state index is 12.1. The van der Waals surface area contributed by atoms with Crippen molar-refractivity contribution < 1.29 is 19.4 Å². The summed E-state index contributed by atoms with van der Waals surface area (Å²) in [5.41, 5.74) is 1.83. The minimum atomic E-state index is -1.09. The molecule has 1 aliphatic heterocycles. The molecule has 0 saturated carbocycles. The van der Waals surface area contributed by atoms with Crippen LogP contribution < -0.4 is 10.1 Å². The topological polar surface area (TPSA) is 91.8 Å². The molecule has 7 nitrogen and oxygen atoms in total. The van der Waals surface area contributed by atoms with Gasteiger partial charge in [0.15, 0.2) is 0 Å². The second kappa shape index (κ2) is 6.09. The molecule has 1 aliphatic rings. The quantitative estimate of drug-likeness (QED) is 0.801. The Kier molecular flexibility index (Phi) is 4.42. The largest absolute Gasteiger partial charge is 0.481 e. The summed E-state index contributed by atoms with van der Waals surface area (Å²) in [6, 6.07) is 1.70. The van der Waals surface area contributed by atoms with Crippen LogP contribution in [0.3, 0.4) is 0 Å². The fourth-order valence-corrected chi connectivity index (χ4v) is 2.19. The summed E-state index contributed by atoms with van der Waals surface area (Å²) in [7, 11) is 1.49. The Bertz CT molecular complexity index is 572. The maximum Gasteiger partial charge on any atom is 0.256 e. The predicted molar refractivity (Wildman–Crippen MR) is 74.7 cm³/mol. The second-order valence-electron chi connectivity index (χ2n) is 4.86. The Morgan fingerprint density at radius 1 is 1.62 bits per heavy atom. The van der Waals surface area contributed by atoms with Crippen molar-refractivity contribution in [1.82, 2.24) is 15.2 Å². The van der Waals surface area contributed by atoms with Gasteiger partial charge in [-0.3, -0.25) is 9.59 Å². The summed E-state index contributed by atoms with van der Waals surface area (Å²) in [5.74, 6) is -0.171. The van der Waals surface area contributed by atoms with Crippen LogP contribution in [-0.4, -0.2) is 46.6 Å². The highest BCUT2D eigenvalue weighted by atomic mass is 16.5. The lowest BCUT2D eigenvalue weighted by molar-refractivity contribution is -0.128. The number of rotatable bonds is 5. The highest BCUT2D eigenvalue weighted by Gasteiger charge is 2.29. The third-order valence-corrected chi connectivity index (χ3v) is 3.41. The molecule has 0 radical (unpaired) electrons. The predicted octanol–water partition coefficient (Wildman–Crippen LogP) is 0.0629. The van der Waals surface area contributed by atoms with Gasteiger partial charge in [0, 0.05) is 18.7 Å². The van der Waals surface area contributed by atoms with Crippen molar-refractivity contribution in [1.29, 1.82) is 0 Å². The van der Waals surface area contributed by atoms with E-state index in [9.17, 15) is 9.59 Å². The molecule has 0 fully saturated rings. The highest BCUT2D eigenvalue weighted by molar-refractivity contribution is 5.98. The summed E-state index contributed by atoms with van der Waals surface area (Å²) in [6.45, 7) is 4.53. The molecule has 2 rings (SSSR count). The first kappa shape index (κ1) is 15.2. The molecular formula is C14H19N3O4. The van der Waals surface area contributed by atoms with Crippen LogP contribution >= 0.6 is 0 Å². The number of fused-ring (bicyclic) bond motifs is 1. The van der Waals surface area contributed by atoms with Gasteiger partial charge in [-0.2, -0.15) is 0 Å². The first-order valence-electron chi connectivity index (χ1n) is 6.79. The number of aliphatic hydroxyl groups is 1. The van der Waals surface area contributed by atoms with Gasteiger partial charge in [0.2, 0.25) is 11.8 Å². The van der Waals surface area contributed by atoms with E-state index in [1.54, 1.807) is 11.0 Å². The Labute approximate surface area is 122 Å². The van der Waals surface area contributed by atoms with Gasteiger partial charge in [-0.1, -0.05) is 0 Å². The third kappa shape index (κ3) is 2.97. The Balaban J connectivity index is 2.25. The van der Waals surface area contributed by atoms with E-state index in [0.717, 1.165) is 0 Å². The minimum absolute atomic E-state index is 0.0641. The lowest BCUT2D eigenvalue weighted by atomic mass is 10.1. The molecule has 0 spiro atoms. The van der Waals surface area contributed by atoms with E-state index in [2.05, 4.69) is 10.3 Å². The number of nitrogens with one attached hydrogen (secondary N) is 1. The molecular weight excluding hydrogens is 274 g/mol. The number of ether oxygens (including phenoxy) is 1. The van der Waals surface area contributed by atoms with Crippen molar-refractivity contribution in [3.8, 4) is 5.88 Å². The van der Waals surface area contributed by atoms with Crippen LogP contribution in [0.1, 0.15) is 35.5 Å². The van der Waals surface area contributed by atoms with Crippen LogP contribution in [0.2, 0.25) is 0 Å². The van der Waals surface area contributed by atoms with Crippen molar-refractivity contribution >= 4 is 11.8 Å². The molecule has 2 amide bonds. The van der Waals surface area contributed by atoms with Gasteiger partial charge in [0.1, 0.15) is 6.10 Å². The molecule has 2 N–H and O–H groups in total. The molecule has 2 heterocycles. The van der Waals surface area contributed by atoms with Crippen LogP contribution in [0, 0.1) is 0 Å². The van der Waals surface area contributed by atoms with Crippen molar-refractivity contribution in [2.24, 2.45) is 0 Å². The number of carbonyl (C=O) groups is 2. The van der Waals surface area contributed by atoms with Crippen LogP contribution in [0.25, 0.3) is 0 Å². The first-order valence-corrected chi connectivity index (χ1v) is 6.79. The SMILES string of the molecule is CCN1Cc2nc(OC)c(CNC(=O)C(C)O)cc2C1=O. The van der Waals surface area contributed by atoms with Gasteiger partial charge in [-0.15, -0.1) is 0 Å². The van der Waals surface area contributed by atoms with Gasteiger partial charge in [-0.05, 0) is 19.9 Å². The monoisotopic (exact) mass is 293 g/mol. The van der Waals surface area contributed by atoms with Gasteiger partial charge in [0.25, 0.3) is 5.91 Å². The number of nitrogens with zero attached hydrogens (tertiary/aromatic N) is 2. The molecule has 1 atom stereocenters. The van der Waals surface area contributed by atoms with E-state index < -0.39 is 12.0 Å². The first-order chi connectivity index (χ1) is 9.97. The van der Waals surface area contributed by atoms with Crippen molar-refractivity contribution in [2.75, 3.05) is 13.7 Å². The fourth-order valence-electron chi connectivity index (χ4n) is 2.19. The number of aliphatic hydroxyl groups excluding tert-OH is 1. The zero-order valence-corrected chi connectivity index (χ0v) is 12.3. The highest BCUT2D eigenvalue weighted by Crippen LogP contribution is 2.26. The number of methoxy groups -OCH3 is 1. The number of amides is 2. The fraction of sp³-hybridized carbons (Fsp3) is 0.500. The Hall–Kier alpha value is -2.15. The van der Waals surface area contributed by atoms with Gasteiger partial charge in [-0.25, -0.2) is 4.98 Å². The van der Waals surface area contributed by atoms with Gasteiger partial charge >= 0.3 is 0 Å². The van der Waals surface area contributed by atoms with Crippen LogP contribution in [0.5, 0.6) is 5.88 Å². The second-order valence-corrected chi connectivity index (χ2v) is 4.86. The standard InChI is InChI=1S/C14H19N3O4/c1-4-17-7-11-10(14(17)20)5-9(13(16-11)21-3)6-15-12(19)8(2)18/h5,8,18H,4,6-7H2,1-3H3,(H,15,19). The Morgan fingerprint density at radius 2 is 2.33 bits per heavy atom. The van der Waals surface area contributed by atoms with E-state index >= 15 is 0 Å². The Morgan fingerprint density at radius 3 is 2.90 bits per heavy atom. The van der Waals surface area contributed by atoms with E-state index in [0.29, 0.717) is 35.8 Å². The van der Waals surface area contributed by atoms with E-state index in [1.165, 1.54) is 14.0 Å². The molecule has 1 aromatic rings.